The van der Waals surface area contributed by atoms with Crippen molar-refractivity contribution in [2.75, 3.05) is 20.2 Å². The van der Waals surface area contributed by atoms with E-state index in [-0.39, 0.29) is 17.3 Å². The zero-order valence-corrected chi connectivity index (χ0v) is 9.87. The normalized spacial score (nSPS) is 29.3. The topological polar surface area (TPSA) is 51.5 Å². The Bertz CT molecular complexity index is 399. The van der Waals surface area contributed by atoms with Crippen molar-refractivity contribution in [2.24, 2.45) is 5.92 Å². The van der Waals surface area contributed by atoms with E-state index in [9.17, 15) is 4.79 Å². The maximum Gasteiger partial charge on any atom is 0.311 e. The SMILES string of the molecule is COC(=O)C1CNCC1(C)c1ccc(C)o1. The van der Waals surface area contributed by atoms with Crippen LogP contribution in [0.15, 0.2) is 16.5 Å². The molecule has 0 spiro atoms. The molecule has 0 saturated carbocycles. The molecule has 2 rings (SSSR count). The monoisotopic (exact) mass is 223 g/mol. The number of ether oxygens (including phenoxy) is 1. The molecule has 4 nitrogen and oxygen atoms in total. The number of hydrogen-bond acceptors (Lipinski definition) is 4. The van der Waals surface area contributed by atoms with E-state index in [0.717, 1.165) is 18.1 Å². The molecule has 1 aliphatic rings. The summed E-state index contributed by atoms with van der Waals surface area (Å²) in [4.78, 5) is 11.7. The third kappa shape index (κ3) is 1.63. The zero-order chi connectivity index (χ0) is 11.8. The minimum Gasteiger partial charge on any atom is -0.469 e. The minimum absolute atomic E-state index is 0.178. The Morgan fingerprint density at radius 3 is 2.94 bits per heavy atom. The van der Waals surface area contributed by atoms with Gasteiger partial charge in [-0.1, -0.05) is 6.92 Å². The Labute approximate surface area is 95.0 Å². The van der Waals surface area contributed by atoms with Gasteiger partial charge in [-0.05, 0) is 19.1 Å². The van der Waals surface area contributed by atoms with E-state index >= 15 is 0 Å². The average molecular weight is 223 g/mol. The van der Waals surface area contributed by atoms with Crippen molar-refractivity contribution in [3.05, 3.63) is 23.7 Å². The summed E-state index contributed by atoms with van der Waals surface area (Å²) in [5.74, 6) is 1.36. The summed E-state index contributed by atoms with van der Waals surface area (Å²) >= 11 is 0. The number of nitrogens with one attached hydrogen (secondary N) is 1. The molecule has 4 heteroatoms. The number of aryl methyl sites for hydroxylation is 1. The number of methoxy groups -OCH3 is 1. The van der Waals surface area contributed by atoms with Crippen molar-refractivity contribution in [1.29, 1.82) is 0 Å². The summed E-state index contributed by atoms with van der Waals surface area (Å²) in [7, 11) is 1.43. The average Bonchev–Trinajstić information content (AvgIpc) is 2.84. The molecule has 16 heavy (non-hydrogen) atoms. The van der Waals surface area contributed by atoms with Crippen LogP contribution in [0.2, 0.25) is 0 Å². The van der Waals surface area contributed by atoms with Gasteiger partial charge in [0.15, 0.2) is 0 Å². The van der Waals surface area contributed by atoms with Crippen LogP contribution in [0.5, 0.6) is 0 Å². The number of esters is 1. The molecule has 1 aromatic rings. The Balaban J connectivity index is 2.32. The molecule has 1 fully saturated rings. The highest BCUT2D eigenvalue weighted by Crippen LogP contribution is 2.36. The van der Waals surface area contributed by atoms with Gasteiger partial charge in [0.05, 0.1) is 18.4 Å². The van der Waals surface area contributed by atoms with Crippen LogP contribution in [0, 0.1) is 12.8 Å². The maximum atomic E-state index is 11.7. The first kappa shape index (κ1) is 11.2. The molecule has 0 radical (unpaired) electrons. The molecule has 1 saturated heterocycles. The Hall–Kier alpha value is -1.29. The number of carbonyl (C=O) groups excluding carboxylic acids is 1. The molecule has 1 N–H and O–H groups in total. The molecule has 1 aliphatic heterocycles. The van der Waals surface area contributed by atoms with Gasteiger partial charge in [-0.25, -0.2) is 0 Å². The molecule has 0 amide bonds. The Morgan fingerprint density at radius 1 is 1.62 bits per heavy atom. The third-order valence-electron chi connectivity index (χ3n) is 3.40. The first-order chi connectivity index (χ1) is 7.58. The molecule has 1 aromatic heterocycles. The van der Waals surface area contributed by atoms with E-state index in [2.05, 4.69) is 5.32 Å². The molecule has 2 atom stereocenters. The minimum atomic E-state index is -0.304. The number of rotatable bonds is 2. The Kier molecular flexibility index (Phi) is 2.76. The molecule has 0 aliphatic carbocycles. The van der Waals surface area contributed by atoms with Crippen molar-refractivity contribution in [3.63, 3.8) is 0 Å². The van der Waals surface area contributed by atoms with Crippen molar-refractivity contribution in [2.45, 2.75) is 19.3 Å². The van der Waals surface area contributed by atoms with Gasteiger partial charge in [0.1, 0.15) is 11.5 Å². The van der Waals surface area contributed by atoms with Crippen LogP contribution >= 0.6 is 0 Å². The second-order valence-electron chi connectivity index (χ2n) is 4.53. The van der Waals surface area contributed by atoms with Crippen LogP contribution in [0.3, 0.4) is 0 Å². The molecule has 88 valence electrons. The van der Waals surface area contributed by atoms with Gasteiger partial charge in [0.2, 0.25) is 0 Å². The van der Waals surface area contributed by atoms with Gasteiger partial charge in [0.25, 0.3) is 0 Å². The maximum absolute atomic E-state index is 11.7. The molecular weight excluding hydrogens is 206 g/mol. The first-order valence-electron chi connectivity index (χ1n) is 5.43. The summed E-state index contributed by atoms with van der Waals surface area (Å²) in [6.45, 7) is 5.32. The Morgan fingerprint density at radius 2 is 2.38 bits per heavy atom. The lowest BCUT2D eigenvalue weighted by Gasteiger charge is -2.26. The summed E-state index contributed by atoms with van der Waals surface area (Å²) in [5.41, 5.74) is -0.304. The predicted molar refractivity (Wildman–Crippen MR) is 59.2 cm³/mol. The highest BCUT2D eigenvalue weighted by Gasteiger charge is 2.47. The molecular formula is C12H17NO3. The summed E-state index contributed by atoms with van der Waals surface area (Å²) < 4.78 is 10.5. The van der Waals surface area contributed by atoms with Gasteiger partial charge in [-0.2, -0.15) is 0 Å². The quantitative estimate of drug-likeness (QED) is 0.766. The number of carbonyl (C=O) groups is 1. The van der Waals surface area contributed by atoms with E-state index in [1.807, 2.05) is 26.0 Å². The van der Waals surface area contributed by atoms with Gasteiger partial charge in [-0.3, -0.25) is 4.79 Å². The van der Waals surface area contributed by atoms with Crippen LogP contribution in [-0.2, 0) is 14.9 Å². The first-order valence-corrected chi connectivity index (χ1v) is 5.43. The van der Waals surface area contributed by atoms with E-state index in [1.54, 1.807) is 0 Å². The third-order valence-corrected chi connectivity index (χ3v) is 3.40. The lowest BCUT2D eigenvalue weighted by Crippen LogP contribution is -2.36. The standard InChI is InChI=1S/C12H17NO3/c1-8-4-5-10(16-8)12(2)7-13-6-9(12)11(14)15-3/h4-5,9,13H,6-7H2,1-3H3. The van der Waals surface area contributed by atoms with Crippen LogP contribution in [0.4, 0.5) is 0 Å². The van der Waals surface area contributed by atoms with Crippen LogP contribution in [0.1, 0.15) is 18.4 Å². The van der Waals surface area contributed by atoms with E-state index in [0.29, 0.717) is 6.54 Å². The lowest BCUT2D eigenvalue weighted by atomic mass is 9.78. The number of hydrogen-bond donors (Lipinski definition) is 1. The smallest absolute Gasteiger partial charge is 0.311 e. The fraction of sp³-hybridized carbons (Fsp3) is 0.583. The van der Waals surface area contributed by atoms with Gasteiger partial charge in [-0.15, -0.1) is 0 Å². The number of furan rings is 1. The zero-order valence-electron chi connectivity index (χ0n) is 9.87. The van der Waals surface area contributed by atoms with E-state index in [4.69, 9.17) is 9.15 Å². The summed E-state index contributed by atoms with van der Waals surface area (Å²) in [6.07, 6.45) is 0. The highest BCUT2D eigenvalue weighted by molar-refractivity contribution is 5.75. The van der Waals surface area contributed by atoms with Crippen LogP contribution in [-0.4, -0.2) is 26.2 Å². The van der Waals surface area contributed by atoms with Gasteiger partial charge < -0.3 is 14.5 Å². The fourth-order valence-corrected chi connectivity index (χ4v) is 2.31. The van der Waals surface area contributed by atoms with Crippen LogP contribution < -0.4 is 5.32 Å². The fourth-order valence-electron chi connectivity index (χ4n) is 2.31. The van der Waals surface area contributed by atoms with E-state index in [1.165, 1.54) is 7.11 Å². The summed E-state index contributed by atoms with van der Waals surface area (Å²) in [6, 6.07) is 3.87. The predicted octanol–water partition coefficient (Wildman–Crippen LogP) is 1.24. The van der Waals surface area contributed by atoms with Gasteiger partial charge in [0, 0.05) is 13.1 Å². The van der Waals surface area contributed by atoms with Crippen molar-refractivity contribution in [3.8, 4) is 0 Å². The molecule has 2 unspecified atom stereocenters. The van der Waals surface area contributed by atoms with Crippen molar-refractivity contribution >= 4 is 5.97 Å². The van der Waals surface area contributed by atoms with Crippen LogP contribution in [0.25, 0.3) is 0 Å². The van der Waals surface area contributed by atoms with Crippen molar-refractivity contribution in [1.82, 2.24) is 5.32 Å². The lowest BCUT2D eigenvalue weighted by molar-refractivity contribution is -0.146. The second-order valence-corrected chi connectivity index (χ2v) is 4.53. The molecule has 2 heterocycles. The second kappa shape index (κ2) is 3.94. The highest BCUT2D eigenvalue weighted by atomic mass is 16.5. The molecule has 0 aromatic carbocycles. The largest absolute Gasteiger partial charge is 0.469 e. The van der Waals surface area contributed by atoms with E-state index < -0.39 is 0 Å². The molecule has 0 bridgehead atoms. The van der Waals surface area contributed by atoms with Gasteiger partial charge >= 0.3 is 5.97 Å². The summed E-state index contributed by atoms with van der Waals surface area (Å²) in [5, 5.41) is 3.23. The van der Waals surface area contributed by atoms with Crippen molar-refractivity contribution < 1.29 is 13.9 Å².